The fourth-order valence-corrected chi connectivity index (χ4v) is 4.38. The number of carbonyl (C=O) groups is 3. The van der Waals surface area contributed by atoms with Gasteiger partial charge in [-0.15, -0.1) is 0 Å². The second kappa shape index (κ2) is 8.22. The van der Waals surface area contributed by atoms with Crippen molar-refractivity contribution in [2.45, 2.75) is 25.7 Å². The van der Waals surface area contributed by atoms with Crippen LogP contribution in [0.4, 0.5) is 4.79 Å². The molecule has 0 bridgehead atoms. The van der Waals surface area contributed by atoms with Gasteiger partial charge in [0.05, 0.1) is 12.4 Å². The monoisotopic (exact) mass is 376 g/mol. The number of carbonyl (C=O) groups excluding carboxylic acids is 3. The van der Waals surface area contributed by atoms with E-state index in [0.29, 0.717) is 13.1 Å². The third kappa shape index (κ3) is 4.27. The molecule has 0 radical (unpaired) electrons. The lowest BCUT2D eigenvalue weighted by molar-refractivity contribution is -0.139. The Bertz CT molecular complexity index is 665. The third-order valence-corrected chi connectivity index (χ3v) is 6.13. The summed E-state index contributed by atoms with van der Waals surface area (Å²) in [4.78, 5) is 38.8. The molecule has 0 aromatic heterocycles. The molecule has 0 spiro atoms. The van der Waals surface area contributed by atoms with Crippen LogP contribution in [-0.4, -0.2) is 64.0 Å². The molecule has 2 heterocycles. The molecule has 3 rings (SSSR count). The molecule has 26 heavy (non-hydrogen) atoms. The maximum Gasteiger partial charge on any atom is 0.289 e. The number of amides is 3. The van der Waals surface area contributed by atoms with Gasteiger partial charge in [-0.25, -0.2) is 0 Å². The highest BCUT2D eigenvalue weighted by molar-refractivity contribution is 8.14. The van der Waals surface area contributed by atoms with E-state index in [-0.39, 0.29) is 41.4 Å². The molecule has 2 aliphatic heterocycles. The van der Waals surface area contributed by atoms with E-state index in [4.69, 9.17) is 0 Å². The van der Waals surface area contributed by atoms with Crippen molar-refractivity contribution in [1.29, 1.82) is 0 Å². The molecule has 1 N–H and O–H groups in total. The van der Waals surface area contributed by atoms with Crippen molar-refractivity contribution >= 4 is 28.8 Å². The molecular weight excluding hydrogens is 352 g/mol. The van der Waals surface area contributed by atoms with E-state index in [9.17, 15) is 19.5 Å². The molecular formula is C19H24N2O4S. The van der Waals surface area contributed by atoms with Gasteiger partial charge in [-0.1, -0.05) is 42.1 Å². The third-order valence-electron chi connectivity index (χ3n) is 5.27. The molecule has 2 saturated heterocycles. The largest absolute Gasteiger partial charge is 0.396 e. The van der Waals surface area contributed by atoms with Gasteiger partial charge in [-0.2, -0.15) is 0 Å². The SMILES string of the molecule is O=C(CN1C(=O)CSC1=O)N1CCC[C@@](CO)(CCc2ccccc2)C1. The van der Waals surface area contributed by atoms with Crippen LogP contribution in [0.1, 0.15) is 24.8 Å². The van der Waals surface area contributed by atoms with Gasteiger partial charge in [0, 0.05) is 18.5 Å². The van der Waals surface area contributed by atoms with Crippen molar-refractivity contribution in [3.63, 3.8) is 0 Å². The number of benzene rings is 1. The Morgan fingerprint density at radius 2 is 2.00 bits per heavy atom. The zero-order valence-corrected chi connectivity index (χ0v) is 15.5. The number of hydrogen-bond donors (Lipinski definition) is 1. The molecule has 0 saturated carbocycles. The van der Waals surface area contributed by atoms with Gasteiger partial charge in [0.2, 0.25) is 11.8 Å². The normalized spacial score (nSPS) is 23.6. The van der Waals surface area contributed by atoms with Crippen LogP contribution in [-0.2, 0) is 16.0 Å². The van der Waals surface area contributed by atoms with Gasteiger partial charge < -0.3 is 10.0 Å². The molecule has 0 aliphatic carbocycles. The summed E-state index contributed by atoms with van der Waals surface area (Å²) < 4.78 is 0. The molecule has 1 aromatic rings. The van der Waals surface area contributed by atoms with Crippen molar-refractivity contribution in [1.82, 2.24) is 9.80 Å². The van der Waals surface area contributed by atoms with Gasteiger partial charge >= 0.3 is 0 Å². The van der Waals surface area contributed by atoms with E-state index < -0.39 is 0 Å². The second-order valence-corrected chi connectivity index (χ2v) is 8.02. The number of thioether (sulfide) groups is 1. The average Bonchev–Trinajstić information content (AvgIpc) is 2.99. The van der Waals surface area contributed by atoms with Crippen molar-refractivity contribution in [3.05, 3.63) is 35.9 Å². The standard InChI is InChI=1S/C19H24N2O4S/c22-14-19(9-7-15-5-2-1-3-6-15)8-4-10-20(13-19)16(23)11-21-17(24)12-26-18(21)25/h1-3,5-6,22H,4,7-14H2/t19-/m1/s1. The molecule has 1 atom stereocenters. The number of aliphatic hydroxyl groups is 1. The summed E-state index contributed by atoms with van der Waals surface area (Å²) in [6, 6.07) is 10.1. The lowest BCUT2D eigenvalue weighted by Gasteiger charge is -2.42. The fourth-order valence-electron chi connectivity index (χ4n) is 3.66. The molecule has 7 heteroatoms. The molecule has 2 fully saturated rings. The number of likely N-dealkylation sites (tertiary alicyclic amines) is 1. The number of piperidine rings is 1. The Labute approximate surface area is 157 Å². The smallest absolute Gasteiger partial charge is 0.289 e. The molecule has 3 amide bonds. The van der Waals surface area contributed by atoms with Gasteiger partial charge in [-0.05, 0) is 31.2 Å². The maximum absolute atomic E-state index is 12.6. The van der Waals surface area contributed by atoms with E-state index in [2.05, 4.69) is 12.1 Å². The zero-order chi connectivity index (χ0) is 18.6. The van der Waals surface area contributed by atoms with E-state index in [1.807, 2.05) is 18.2 Å². The van der Waals surface area contributed by atoms with Crippen LogP contribution in [0.15, 0.2) is 30.3 Å². The van der Waals surface area contributed by atoms with E-state index in [1.165, 1.54) is 5.56 Å². The van der Waals surface area contributed by atoms with E-state index in [0.717, 1.165) is 42.3 Å². The molecule has 0 unspecified atom stereocenters. The summed E-state index contributed by atoms with van der Waals surface area (Å²) >= 11 is 0.939. The Morgan fingerprint density at radius 3 is 2.65 bits per heavy atom. The molecule has 1 aromatic carbocycles. The highest BCUT2D eigenvalue weighted by atomic mass is 32.2. The summed E-state index contributed by atoms with van der Waals surface area (Å²) in [5, 5.41) is 9.68. The Hall–Kier alpha value is -1.86. The first-order valence-corrected chi connectivity index (χ1v) is 9.91. The number of aryl methyl sites for hydroxylation is 1. The number of imide groups is 1. The van der Waals surface area contributed by atoms with Crippen LogP contribution in [0.2, 0.25) is 0 Å². The van der Waals surface area contributed by atoms with Crippen molar-refractivity contribution in [2.75, 3.05) is 32.0 Å². The first-order chi connectivity index (χ1) is 12.5. The van der Waals surface area contributed by atoms with Gasteiger partial charge in [0.25, 0.3) is 5.24 Å². The second-order valence-electron chi connectivity index (χ2n) is 7.10. The predicted molar refractivity (Wildman–Crippen MR) is 99.7 cm³/mol. The first kappa shape index (κ1) is 18.9. The highest BCUT2D eigenvalue weighted by Gasteiger charge is 2.38. The van der Waals surface area contributed by atoms with Crippen LogP contribution in [0.5, 0.6) is 0 Å². The molecule has 2 aliphatic rings. The lowest BCUT2D eigenvalue weighted by atomic mass is 9.76. The molecule has 140 valence electrons. The van der Waals surface area contributed by atoms with Crippen molar-refractivity contribution < 1.29 is 19.5 Å². The zero-order valence-electron chi connectivity index (χ0n) is 14.7. The lowest BCUT2D eigenvalue weighted by Crippen LogP contribution is -2.51. The highest BCUT2D eigenvalue weighted by Crippen LogP contribution is 2.34. The number of nitrogens with zero attached hydrogens (tertiary/aromatic N) is 2. The van der Waals surface area contributed by atoms with Gasteiger partial charge in [-0.3, -0.25) is 19.3 Å². The van der Waals surface area contributed by atoms with Gasteiger partial charge in [0.15, 0.2) is 0 Å². The van der Waals surface area contributed by atoms with Gasteiger partial charge in [0.1, 0.15) is 6.54 Å². The molecule has 6 nitrogen and oxygen atoms in total. The topological polar surface area (TPSA) is 77.9 Å². The Kier molecular flexibility index (Phi) is 5.98. The maximum atomic E-state index is 12.6. The quantitative estimate of drug-likeness (QED) is 0.821. The Balaban J connectivity index is 1.61. The summed E-state index contributed by atoms with van der Waals surface area (Å²) in [6.45, 7) is 0.916. The van der Waals surface area contributed by atoms with E-state index in [1.54, 1.807) is 4.90 Å². The number of hydrogen-bond acceptors (Lipinski definition) is 5. The predicted octanol–water partition coefficient (Wildman–Crippen LogP) is 1.92. The Morgan fingerprint density at radius 1 is 1.23 bits per heavy atom. The minimum Gasteiger partial charge on any atom is -0.396 e. The average molecular weight is 376 g/mol. The minimum atomic E-state index is -0.349. The van der Waals surface area contributed by atoms with Crippen molar-refractivity contribution in [2.24, 2.45) is 5.41 Å². The van der Waals surface area contributed by atoms with Crippen LogP contribution in [0, 0.1) is 5.41 Å². The summed E-state index contributed by atoms with van der Waals surface area (Å²) in [5.41, 5.74) is 0.895. The van der Waals surface area contributed by atoms with Crippen LogP contribution < -0.4 is 0 Å². The van der Waals surface area contributed by atoms with Crippen molar-refractivity contribution in [3.8, 4) is 0 Å². The summed E-state index contributed by atoms with van der Waals surface area (Å²) in [7, 11) is 0. The van der Waals surface area contributed by atoms with E-state index >= 15 is 0 Å². The van der Waals surface area contributed by atoms with Crippen LogP contribution >= 0.6 is 11.8 Å². The van der Waals surface area contributed by atoms with Crippen LogP contribution in [0.25, 0.3) is 0 Å². The summed E-state index contributed by atoms with van der Waals surface area (Å²) in [5.74, 6) is -0.404. The first-order valence-electron chi connectivity index (χ1n) is 8.93. The number of rotatable bonds is 6. The summed E-state index contributed by atoms with van der Waals surface area (Å²) in [6.07, 6.45) is 3.34. The number of aliphatic hydroxyl groups excluding tert-OH is 1. The van der Waals surface area contributed by atoms with Crippen LogP contribution in [0.3, 0.4) is 0 Å². The fraction of sp³-hybridized carbons (Fsp3) is 0.526. The minimum absolute atomic E-state index is 0.0288.